The second-order valence-corrected chi connectivity index (χ2v) is 4.95. The Morgan fingerprint density at radius 2 is 2.00 bits per heavy atom. The van der Waals surface area contributed by atoms with Crippen molar-refractivity contribution in [3.05, 3.63) is 65.7 Å². The molecule has 21 heavy (non-hydrogen) atoms. The second-order valence-electron chi connectivity index (χ2n) is 4.95. The minimum absolute atomic E-state index is 0.0693. The summed E-state index contributed by atoms with van der Waals surface area (Å²) in [5.74, 6) is 0.0897. The van der Waals surface area contributed by atoms with Crippen LogP contribution in [0.3, 0.4) is 0 Å². The topological polar surface area (TPSA) is 42.6 Å². The zero-order valence-electron chi connectivity index (χ0n) is 11.5. The third-order valence-corrected chi connectivity index (χ3v) is 3.26. The Balaban J connectivity index is 1.74. The van der Waals surface area contributed by atoms with Crippen LogP contribution in [0.1, 0.15) is 17.4 Å². The molecule has 0 aliphatic carbocycles. The summed E-state index contributed by atoms with van der Waals surface area (Å²) >= 11 is 0. The van der Waals surface area contributed by atoms with E-state index >= 15 is 0 Å². The van der Waals surface area contributed by atoms with Gasteiger partial charge in [0.25, 0.3) is 0 Å². The van der Waals surface area contributed by atoms with Crippen LogP contribution in [0.2, 0.25) is 0 Å². The van der Waals surface area contributed by atoms with E-state index < -0.39 is 11.9 Å². The molecule has 108 valence electrons. The maximum atomic E-state index is 13.6. The normalized spacial score (nSPS) is 12.5. The van der Waals surface area contributed by atoms with Crippen molar-refractivity contribution >= 4 is 11.0 Å². The average molecular weight is 286 g/mol. The monoisotopic (exact) mass is 286 g/mol. The highest BCUT2D eigenvalue weighted by Gasteiger charge is 2.15. The number of aliphatic hydroxyl groups excluding tert-OH is 1. The highest BCUT2D eigenvalue weighted by atomic mass is 19.1. The van der Waals surface area contributed by atoms with E-state index in [4.69, 9.17) is 9.15 Å². The number of benzene rings is 2. The van der Waals surface area contributed by atoms with Gasteiger partial charge in [0.2, 0.25) is 0 Å². The largest absolute Gasteiger partial charge is 0.487 e. The predicted octanol–water partition coefficient (Wildman–Crippen LogP) is 3.99. The Labute approximate surface area is 121 Å². The molecule has 0 amide bonds. The van der Waals surface area contributed by atoms with E-state index in [2.05, 4.69) is 0 Å². The van der Waals surface area contributed by atoms with Gasteiger partial charge in [-0.1, -0.05) is 24.3 Å². The fourth-order valence-corrected chi connectivity index (χ4v) is 2.14. The molecule has 0 spiro atoms. The number of aryl methyl sites for hydroxylation is 1. The minimum atomic E-state index is -0.947. The number of hydrogen-bond donors (Lipinski definition) is 1. The SMILES string of the molecule is Cc1ccc(F)c(OCC(O)c2cc3ccccc3o2)c1. The van der Waals surface area contributed by atoms with Crippen LogP contribution in [-0.4, -0.2) is 11.7 Å². The molecule has 1 unspecified atom stereocenters. The highest BCUT2D eigenvalue weighted by Crippen LogP contribution is 2.25. The number of para-hydroxylation sites is 1. The Hall–Kier alpha value is -2.33. The van der Waals surface area contributed by atoms with Crippen LogP contribution in [0.5, 0.6) is 5.75 Å². The second kappa shape index (κ2) is 5.58. The van der Waals surface area contributed by atoms with Gasteiger partial charge < -0.3 is 14.3 Å². The molecule has 1 aromatic heterocycles. The zero-order valence-corrected chi connectivity index (χ0v) is 11.5. The number of furan rings is 1. The van der Waals surface area contributed by atoms with Crippen molar-refractivity contribution < 1.29 is 18.7 Å². The lowest BCUT2D eigenvalue weighted by molar-refractivity contribution is 0.0883. The van der Waals surface area contributed by atoms with E-state index in [9.17, 15) is 9.50 Å². The van der Waals surface area contributed by atoms with Crippen LogP contribution in [0, 0.1) is 12.7 Å². The van der Waals surface area contributed by atoms with Crippen molar-refractivity contribution in [3.63, 3.8) is 0 Å². The maximum absolute atomic E-state index is 13.6. The van der Waals surface area contributed by atoms with Gasteiger partial charge >= 0.3 is 0 Å². The lowest BCUT2D eigenvalue weighted by atomic mass is 10.2. The molecule has 3 aromatic rings. The van der Waals surface area contributed by atoms with Gasteiger partial charge in [-0.15, -0.1) is 0 Å². The van der Waals surface area contributed by atoms with E-state index in [0.29, 0.717) is 11.3 Å². The van der Waals surface area contributed by atoms with Crippen molar-refractivity contribution in [1.29, 1.82) is 0 Å². The van der Waals surface area contributed by atoms with Crippen molar-refractivity contribution in [1.82, 2.24) is 0 Å². The molecule has 1 N–H and O–H groups in total. The van der Waals surface area contributed by atoms with Gasteiger partial charge in [0.15, 0.2) is 11.6 Å². The fraction of sp³-hybridized carbons (Fsp3) is 0.176. The van der Waals surface area contributed by atoms with Gasteiger partial charge in [-0.05, 0) is 36.8 Å². The zero-order chi connectivity index (χ0) is 14.8. The van der Waals surface area contributed by atoms with Gasteiger partial charge in [0.05, 0.1) is 0 Å². The van der Waals surface area contributed by atoms with E-state index in [1.54, 1.807) is 18.2 Å². The predicted molar refractivity (Wildman–Crippen MR) is 77.8 cm³/mol. The third-order valence-electron chi connectivity index (χ3n) is 3.26. The van der Waals surface area contributed by atoms with Crippen LogP contribution in [0.25, 0.3) is 11.0 Å². The van der Waals surface area contributed by atoms with Crippen LogP contribution in [0.15, 0.2) is 52.9 Å². The molecule has 0 radical (unpaired) electrons. The Morgan fingerprint density at radius 3 is 2.81 bits per heavy atom. The number of fused-ring (bicyclic) bond motifs is 1. The number of halogens is 1. The van der Waals surface area contributed by atoms with Crippen LogP contribution in [0.4, 0.5) is 4.39 Å². The van der Waals surface area contributed by atoms with Gasteiger partial charge in [-0.3, -0.25) is 0 Å². The summed E-state index contributed by atoms with van der Waals surface area (Å²) in [5, 5.41) is 11.0. The summed E-state index contributed by atoms with van der Waals surface area (Å²) in [7, 11) is 0. The summed E-state index contributed by atoms with van der Waals surface area (Å²) in [6.45, 7) is 1.78. The first kappa shape index (κ1) is 13.6. The van der Waals surface area contributed by atoms with Crippen LogP contribution < -0.4 is 4.74 Å². The Kier molecular flexibility index (Phi) is 3.62. The summed E-state index contributed by atoms with van der Waals surface area (Å²) in [6.07, 6.45) is -0.947. The van der Waals surface area contributed by atoms with Crippen LogP contribution in [-0.2, 0) is 0 Å². The molecule has 0 fully saturated rings. The molecule has 1 atom stereocenters. The number of hydrogen-bond acceptors (Lipinski definition) is 3. The molecule has 3 nitrogen and oxygen atoms in total. The molecule has 2 aromatic carbocycles. The molecule has 0 aliphatic rings. The molecule has 0 saturated heterocycles. The van der Waals surface area contributed by atoms with Gasteiger partial charge in [-0.2, -0.15) is 0 Å². The first-order valence-corrected chi connectivity index (χ1v) is 6.69. The molecular formula is C17H15FO3. The highest BCUT2D eigenvalue weighted by molar-refractivity contribution is 5.77. The number of rotatable bonds is 4. The molecule has 1 heterocycles. The summed E-state index contributed by atoms with van der Waals surface area (Å²) in [4.78, 5) is 0. The number of aliphatic hydroxyl groups is 1. The lowest BCUT2D eigenvalue weighted by Gasteiger charge is -2.11. The van der Waals surface area contributed by atoms with Gasteiger partial charge in [0, 0.05) is 5.39 Å². The van der Waals surface area contributed by atoms with Crippen LogP contribution >= 0.6 is 0 Å². The molecule has 0 saturated carbocycles. The van der Waals surface area contributed by atoms with E-state index in [-0.39, 0.29) is 12.4 Å². The lowest BCUT2D eigenvalue weighted by Crippen LogP contribution is -2.09. The van der Waals surface area contributed by atoms with Gasteiger partial charge in [-0.25, -0.2) is 4.39 Å². The first-order valence-electron chi connectivity index (χ1n) is 6.69. The number of ether oxygens (including phenoxy) is 1. The summed E-state index contributed by atoms with van der Waals surface area (Å²) < 4.78 is 24.5. The smallest absolute Gasteiger partial charge is 0.165 e. The molecular weight excluding hydrogens is 271 g/mol. The molecule has 4 heteroatoms. The van der Waals surface area contributed by atoms with Crippen molar-refractivity contribution in [2.45, 2.75) is 13.0 Å². The summed E-state index contributed by atoms with van der Waals surface area (Å²) in [6, 6.07) is 13.8. The molecule has 0 aliphatic heterocycles. The van der Waals surface area contributed by atoms with Crippen molar-refractivity contribution in [3.8, 4) is 5.75 Å². The standard InChI is InChI=1S/C17H15FO3/c1-11-6-7-13(18)16(8-11)20-10-14(19)17-9-12-4-2-3-5-15(12)21-17/h2-9,14,19H,10H2,1H3. The van der Waals surface area contributed by atoms with E-state index in [1.807, 2.05) is 31.2 Å². The summed E-state index contributed by atoms with van der Waals surface area (Å²) in [5.41, 5.74) is 1.60. The quantitative estimate of drug-likeness (QED) is 0.788. The van der Waals surface area contributed by atoms with E-state index in [1.165, 1.54) is 6.07 Å². The fourth-order valence-electron chi connectivity index (χ4n) is 2.14. The minimum Gasteiger partial charge on any atom is -0.487 e. The third kappa shape index (κ3) is 2.90. The maximum Gasteiger partial charge on any atom is 0.165 e. The van der Waals surface area contributed by atoms with Gasteiger partial charge in [0.1, 0.15) is 24.1 Å². The van der Waals surface area contributed by atoms with E-state index in [0.717, 1.165) is 10.9 Å². The first-order chi connectivity index (χ1) is 10.1. The van der Waals surface area contributed by atoms with Crippen molar-refractivity contribution in [2.75, 3.05) is 6.61 Å². The Bertz CT molecular complexity index is 731. The average Bonchev–Trinajstić information content (AvgIpc) is 2.92. The molecule has 3 rings (SSSR count). The van der Waals surface area contributed by atoms with Crippen molar-refractivity contribution in [2.24, 2.45) is 0 Å². The molecule has 0 bridgehead atoms. The Morgan fingerprint density at radius 1 is 1.19 bits per heavy atom.